The van der Waals surface area contributed by atoms with Crippen LogP contribution in [0.1, 0.15) is 24.0 Å². The average molecular weight is 450 g/mol. The number of piperidine rings is 1. The van der Waals surface area contributed by atoms with Gasteiger partial charge in [-0.2, -0.15) is 0 Å². The van der Waals surface area contributed by atoms with Crippen molar-refractivity contribution >= 4 is 23.6 Å². The summed E-state index contributed by atoms with van der Waals surface area (Å²) in [6.07, 6.45) is 1.26. The molecule has 0 unspecified atom stereocenters. The lowest BCUT2D eigenvalue weighted by molar-refractivity contribution is -0.132. The topological polar surface area (TPSA) is 94.1 Å². The maximum atomic E-state index is 12.8. The van der Waals surface area contributed by atoms with Crippen molar-refractivity contribution in [2.75, 3.05) is 18.8 Å². The largest absolute Gasteiger partial charge is 0.369 e. The van der Waals surface area contributed by atoms with Gasteiger partial charge in [0.25, 0.3) is 0 Å². The fraction of sp³-hybridized carbons (Fsp3) is 0.333. The predicted molar refractivity (Wildman–Crippen MR) is 125 cm³/mol. The molecule has 1 aliphatic rings. The molecule has 4 rings (SSSR count). The Bertz CT molecular complexity index is 1120. The third-order valence-electron chi connectivity index (χ3n) is 5.99. The number of carbonyl (C=O) groups excluding carboxylic acids is 2. The molecule has 0 saturated carbocycles. The first-order valence-electron chi connectivity index (χ1n) is 10.7. The van der Waals surface area contributed by atoms with Gasteiger partial charge in [0.1, 0.15) is 0 Å². The van der Waals surface area contributed by atoms with E-state index < -0.39 is 0 Å². The number of hydrogen-bond donors (Lipinski definition) is 1. The molecule has 2 heterocycles. The van der Waals surface area contributed by atoms with E-state index in [0.29, 0.717) is 31.1 Å². The predicted octanol–water partition coefficient (Wildman–Crippen LogP) is 3.37. The van der Waals surface area contributed by atoms with Crippen LogP contribution in [0, 0.1) is 19.8 Å². The van der Waals surface area contributed by atoms with Gasteiger partial charge in [-0.25, -0.2) is 0 Å². The Labute approximate surface area is 192 Å². The molecule has 8 heteroatoms. The van der Waals surface area contributed by atoms with E-state index >= 15 is 0 Å². The summed E-state index contributed by atoms with van der Waals surface area (Å²) in [5.41, 5.74) is 9.73. The first-order valence-corrected chi connectivity index (χ1v) is 11.7. The van der Waals surface area contributed by atoms with Crippen LogP contribution < -0.4 is 5.73 Å². The number of primary amides is 1. The van der Waals surface area contributed by atoms with Crippen LogP contribution in [-0.2, 0) is 9.59 Å². The minimum atomic E-state index is -0.276. The normalized spacial score (nSPS) is 14.5. The molecule has 0 aliphatic carbocycles. The molecule has 3 aromatic rings. The Morgan fingerprint density at radius 2 is 1.75 bits per heavy atom. The van der Waals surface area contributed by atoms with E-state index in [-0.39, 0.29) is 23.5 Å². The van der Waals surface area contributed by atoms with Crippen molar-refractivity contribution in [3.63, 3.8) is 0 Å². The van der Waals surface area contributed by atoms with Crippen molar-refractivity contribution in [3.8, 4) is 17.1 Å². The van der Waals surface area contributed by atoms with Gasteiger partial charge >= 0.3 is 0 Å². The van der Waals surface area contributed by atoms with Crippen LogP contribution in [0.5, 0.6) is 0 Å². The summed E-state index contributed by atoms with van der Waals surface area (Å²) in [5, 5.41) is 9.54. The van der Waals surface area contributed by atoms with Crippen LogP contribution in [0.3, 0.4) is 0 Å². The van der Waals surface area contributed by atoms with Gasteiger partial charge in [-0.15, -0.1) is 10.2 Å². The van der Waals surface area contributed by atoms with Crippen molar-refractivity contribution in [2.45, 2.75) is 31.8 Å². The quantitative estimate of drug-likeness (QED) is 0.583. The summed E-state index contributed by atoms with van der Waals surface area (Å²) in [7, 11) is 0. The average Bonchev–Trinajstić information content (AvgIpc) is 3.24. The number of likely N-dealkylation sites (tertiary alicyclic amines) is 1. The van der Waals surface area contributed by atoms with Crippen molar-refractivity contribution in [1.29, 1.82) is 0 Å². The van der Waals surface area contributed by atoms with E-state index in [0.717, 1.165) is 17.1 Å². The van der Waals surface area contributed by atoms with E-state index in [1.54, 1.807) is 4.90 Å². The molecular formula is C24H27N5O2S. The van der Waals surface area contributed by atoms with Crippen molar-refractivity contribution in [3.05, 3.63) is 59.7 Å². The van der Waals surface area contributed by atoms with E-state index in [1.165, 1.54) is 22.9 Å². The van der Waals surface area contributed by atoms with Gasteiger partial charge in [-0.05, 0) is 49.9 Å². The molecule has 32 heavy (non-hydrogen) atoms. The number of aromatic nitrogens is 3. The number of nitrogens with zero attached hydrogens (tertiary/aromatic N) is 4. The number of amides is 2. The van der Waals surface area contributed by atoms with Gasteiger partial charge < -0.3 is 10.6 Å². The first kappa shape index (κ1) is 22.1. The fourth-order valence-corrected chi connectivity index (χ4v) is 4.72. The molecule has 2 aromatic carbocycles. The van der Waals surface area contributed by atoms with Crippen LogP contribution in [-0.4, -0.2) is 50.3 Å². The summed E-state index contributed by atoms with van der Waals surface area (Å²) >= 11 is 1.38. The molecular weight excluding hydrogens is 422 g/mol. The van der Waals surface area contributed by atoms with Crippen molar-refractivity contribution < 1.29 is 9.59 Å². The summed E-state index contributed by atoms with van der Waals surface area (Å²) in [6, 6.07) is 16.2. The smallest absolute Gasteiger partial charge is 0.233 e. The van der Waals surface area contributed by atoms with Gasteiger partial charge in [0.15, 0.2) is 11.0 Å². The van der Waals surface area contributed by atoms with Gasteiger partial charge in [-0.3, -0.25) is 14.2 Å². The zero-order chi connectivity index (χ0) is 22.7. The second-order valence-corrected chi connectivity index (χ2v) is 9.06. The van der Waals surface area contributed by atoms with Gasteiger partial charge in [-0.1, -0.05) is 48.2 Å². The molecule has 1 aromatic heterocycles. The Balaban J connectivity index is 1.56. The molecule has 0 spiro atoms. The second kappa shape index (κ2) is 9.56. The summed E-state index contributed by atoms with van der Waals surface area (Å²) in [4.78, 5) is 26.0. The third-order valence-corrected chi connectivity index (χ3v) is 6.90. The molecule has 1 fully saturated rings. The molecule has 1 aliphatic heterocycles. The maximum Gasteiger partial charge on any atom is 0.233 e. The van der Waals surface area contributed by atoms with Gasteiger partial charge in [0, 0.05) is 24.6 Å². The van der Waals surface area contributed by atoms with Crippen LogP contribution >= 0.6 is 11.8 Å². The Morgan fingerprint density at radius 3 is 2.41 bits per heavy atom. The molecule has 0 bridgehead atoms. The van der Waals surface area contributed by atoms with E-state index in [2.05, 4.69) is 42.2 Å². The Kier molecular flexibility index (Phi) is 6.60. The van der Waals surface area contributed by atoms with Gasteiger partial charge in [0.2, 0.25) is 11.8 Å². The second-order valence-electron chi connectivity index (χ2n) is 8.12. The standard InChI is InChI=1S/C24H27N5O2S/c1-16-8-9-20(14-17(16)2)29-23(19-6-4-3-5-7-19)26-27-24(29)32-15-21(30)28-12-10-18(11-13-28)22(25)31/h3-9,14,18H,10-13,15H2,1-2H3,(H2,25,31). The minimum Gasteiger partial charge on any atom is -0.369 e. The Morgan fingerprint density at radius 1 is 1.03 bits per heavy atom. The highest BCUT2D eigenvalue weighted by Crippen LogP contribution is 2.29. The number of hydrogen-bond acceptors (Lipinski definition) is 5. The summed E-state index contributed by atoms with van der Waals surface area (Å²) in [5.74, 6) is 0.633. The van der Waals surface area contributed by atoms with Crippen LogP contribution in [0.15, 0.2) is 53.7 Å². The van der Waals surface area contributed by atoms with E-state index in [4.69, 9.17) is 5.73 Å². The highest BCUT2D eigenvalue weighted by molar-refractivity contribution is 7.99. The lowest BCUT2D eigenvalue weighted by Gasteiger charge is -2.30. The number of rotatable bonds is 6. The third kappa shape index (κ3) is 4.70. The van der Waals surface area contributed by atoms with Crippen molar-refractivity contribution in [1.82, 2.24) is 19.7 Å². The zero-order valence-electron chi connectivity index (χ0n) is 18.3. The van der Waals surface area contributed by atoms with Gasteiger partial charge in [0.05, 0.1) is 11.4 Å². The number of nitrogens with two attached hydrogens (primary N) is 1. The number of carbonyl (C=O) groups is 2. The molecule has 1 saturated heterocycles. The lowest BCUT2D eigenvalue weighted by Crippen LogP contribution is -2.42. The first-order chi connectivity index (χ1) is 15.4. The van der Waals surface area contributed by atoms with Crippen LogP contribution in [0.2, 0.25) is 0 Å². The van der Waals surface area contributed by atoms with Crippen LogP contribution in [0.25, 0.3) is 17.1 Å². The highest BCUT2D eigenvalue weighted by atomic mass is 32.2. The Hall–Kier alpha value is -3.13. The zero-order valence-corrected chi connectivity index (χ0v) is 19.1. The molecule has 166 valence electrons. The molecule has 0 radical (unpaired) electrons. The minimum absolute atomic E-state index is 0.0359. The van der Waals surface area contributed by atoms with E-state index in [1.807, 2.05) is 34.9 Å². The number of thioether (sulfide) groups is 1. The number of benzene rings is 2. The lowest BCUT2D eigenvalue weighted by atomic mass is 9.96. The molecule has 2 amide bonds. The summed E-state index contributed by atoms with van der Waals surface area (Å²) < 4.78 is 2.01. The van der Waals surface area contributed by atoms with Crippen molar-refractivity contribution in [2.24, 2.45) is 11.7 Å². The fourth-order valence-electron chi connectivity index (χ4n) is 3.87. The SMILES string of the molecule is Cc1ccc(-n2c(SCC(=O)N3CCC(C(N)=O)CC3)nnc2-c2ccccc2)cc1C. The summed E-state index contributed by atoms with van der Waals surface area (Å²) in [6.45, 7) is 5.29. The van der Waals surface area contributed by atoms with Crippen LogP contribution in [0.4, 0.5) is 0 Å². The highest BCUT2D eigenvalue weighted by Gasteiger charge is 2.26. The molecule has 0 atom stereocenters. The maximum absolute atomic E-state index is 12.8. The number of aryl methyl sites for hydroxylation is 2. The molecule has 7 nitrogen and oxygen atoms in total. The molecule has 2 N–H and O–H groups in total. The monoisotopic (exact) mass is 449 g/mol. The van der Waals surface area contributed by atoms with E-state index in [9.17, 15) is 9.59 Å².